The lowest BCUT2D eigenvalue weighted by Gasteiger charge is -2.04. The van der Waals surface area contributed by atoms with Gasteiger partial charge in [0.15, 0.2) is 0 Å². The van der Waals surface area contributed by atoms with E-state index in [1.165, 1.54) is 29.7 Å². The first-order valence-corrected chi connectivity index (χ1v) is 8.22. The van der Waals surface area contributed by atoms with Gasteiger partial charge >= 0.3 is 0 Å². The van der Waals surface area contributed by atoms with Crippen LogP contribution in [0.2, 0.25) is 0 Å². The predicted molar refractivity (Wildman–Crippen MR) is 84.9 cm³/mol. The first kappa shape index (κ1) is 14.1. The second kappa shape index (κ2) is 6.31. The summed E-state index contributed by atoms with van der Waals surface area (Å²) < 4.78 is 0. The van der Waals surface area contributed by atoms with Crippen molar-refractivity contribution in [3.05, 3.63) is 51.2 Å². The molecule has 1 aliphatic rings. The van der Waals surface area contributed by atoms with E-state index in [-0.39, 0.29) is 11.7 Å². The SMILES string of the molecule is O=C(NCc1ccc(O)cc1)c1cc2c(s1)CCCCC2. The minimum atomic E-state index is 0.00106. The van der Waals surface area contributed by atoms with Gasteiger partial charge in [-0.2, -0.15) is 0 Å². The molecule has 0 unspecified atom stereocenters. The van der Waals surface area contributed by atoms with E-state index in [1.807, 2.05) is 12.1 Å². The quantitative estimate of drug-likeness (QED) is 0.850. The minimum absolute atomic E-state index is 0.00106. The molecule has 0 saturated carbocycles. The topological polar surface area (TPSA) is 49.3 Å². The van der Waals surface area contributed by atoms with Gasteiger partial charge < -0.3 is 10.4 Å². The highest BCUT2D eigenvalue weighted by Gasteiger charge is 2.16. The van der Waals surface area contributed by atoms with Crippen LogP contribution in [0.3, 0.4) is 0 Å². The summed E-state index contributed by atoms with van der Waals surface area (Å²) >= 11 is 1.64. The van der Waals surface area contributed by atoms with Crippen molar-refractivity contribution in [1.82, 2.24) is 5.32 Å². The van der Waals surface area contributed by atoms with Crippen LogP contribution in [0.25, 0.3) is 0 Å². The highest BCUT2D eigenvalue weighted by Crippen LogP contribution is 2.28. The molecule has 2 N–H and O–H groups in total. The Labute approximate surface area is 128 Å². The van der Waals surface area contributed by atoms with Crippen molar-refractivity contribution in [2.45, 2.75) is 38.6 Å². The monoisotopic (exact) mass is 301 g/mol. The van der Waals surface area contributed by atoms with Crippen molar-refractivity contribution in [2.24, 2.45) is 0 Å². The normalized spacial score (nSPS) is 14.3. The molecule has 3 rings (SSSR count). The molecule has 1 aliphatic carbocycles. The van der Waals surface area contributed by atoms with E-state index in [4.69, 9.17) is 0 Å². The predicted octanol–water partition coefficient (Wildman–Crippen LogP) is 3.65. The standard InChI is InChI=1S/C17H19NO2S/c19-14-8-6-12(7-9-14)11-18-17(20)16-10-13-4-2-1-3-5-15(13)21-16/h6-10,19H,1-5,11H2,(H,18,20). The molecule has 0 spiro atoms. The highest BCUT2D eigenvalue weighted by molar-refractivity contribution is 7.14. The minimum Gasteiger partial charge on any atom is -0.508 e. The van der Waals surface area contributed by atoms with Crippen LogP contribution in [0.1, 0.15) is 44.9 Å². The Kier molecular flexibility index (Phi) is 4.25. The molecular formula is C17H19NO2S. The molecule has 1 aromatic heterocycles. The zero-order chi connectivity index (χ0) is 14.7. The average molecular weight is 301 g/mol. The fraction of sp³-hybridized carbons (Fsp3) is 0.353. The Morgan fingerprint density at radius 1 is 1.14 bits per heavy atom. The average Bonchev–Trinajstić information content (AvgIpc) is 2.78. The summed E-state index contributed by atoms with van der Waals surface area (Å²) in [5.74, 6) is 0.244. The van der Waals surface area contributed by atoms with Gasteiger partial charge in [-0.05, 0) is 55.0 Å². The van der Waals surface area contributed by atoms with E-state index >= 15 is 0 Å². The van der Waals surface area contributed by atoms with E-state index < -0.39 is 0 Å². The summed E-state index contributed by atoms with van der Waals surface area (Å²) in [7, 11) is 0. The number of rotatable bonds is 3. The van der Waals surface area contributed by atoms with Gasteiger partial charge in [0.1, 0.15) is 5.75 Å². The number of aryl methyl sites for hydroxylation is 2. The molecule has 110 valence electrons. The maximum Gasteiger partial charge on any atom is 0.261 e. The van der Waals surface area contributed by atoms with Crippen LogP contribution >= 0.6 is 11.3 Å². The first-order valence-electron chi connectivity index (χ1n) is 7.40. The third kappa shape index (κ3) is 3.45. The van der Waals surface area contributed by atoms with Gasteiger partial charge in [-0.3, -0.25) is 4.79 Å². The highest BCUT2D eigenvalue weighted by atomic mass is 32.1. The maximum absolute atomic E-state index is 12.2. The Bertz CT molecular complexity index is 607. The summed E-state index contributed by atoms with van der Waals surface area (Å²) in [6.45, 7) is 0.488. The number of carbonyl (C=O) groups excluding carboxylic acids is 1. The molecule has 3 nitrogen and oxygen atoms in total. The smallest absolute Gasteiger partial charge is 0.261 e. The lowest BCUT2D eigenvalue weighted by Crippen LogP contribution is -2.21. The van der Waals surface area contributed by atoms with Crippen molar-refractivity contribution >= 4 is 17.2 Å². The van der Waals surface area contributed by atoms with Crippen LogP contribution in [0.5, 0.6) is 5.75 Å². The molecule has 1 amide bonds. The molecule has 0 aliphatic heterocycles. The van der Waals surface area contributed by atoms with E-state index in [2.05, 4.69) is 11.4 Å². The summed E-state index contributed by atoms with van der Waals surface area (Å²) in [5, 5.41) is 12.2. The summed E-state index contributed by atoms with van der Waals surface area (Å²) in [6, 6.07) is 8.97. The lowest BCUT2D eigenvalue weighted by molar-refractivity contribution is 0.0955. The second-order valence-electron chi connectivity index (χ2n) is 5.47. The van der Waals surface area contributed by atoms with Crippen LogP contribution in [-0.2, 0) is 19.4 Å². The maximum atomic E-state index is 12.2. The van der Waals surface area contributed by atoms with Crippen molar-refractivity contribution in [2.75, 3.05) is 0 Å². The van der Waals surface area contributed by atoms with E-state index in [0.717, 1.165) is 23.3 Å². The number of hydrogen-bond acceptors (Lipinski definition) is 3. The number of nitrogens with one attached hydrogen (secondary N) is 1. The summed E-state index contributed by atoms with van der Waals surface area (Å²) in [4.78, 5) is 14.4. The molecule has 0 atom stereocenters. The van der Waals surface area contributed by atoms with Crippen LogP contribution < -0.4 is 5.32 Å². The van der Waals surface area contributed by atoms with Gasteiger partial charge in [-0.1, -0.05) is 18.6 Å². The fourth-order valence-corrected chi connectivity index (χ4v) is 3.83. The largest absolute Gasteiger partial charge is 0.508 e. The zero-order valence-electron chi connectivity index (χ0n) is 11.9. The van der Waals surface area contributed by atoms with E-state index in [9.17, 15) is 9.90 Å². The molecule has 4 heteroatoms. The van der Waals surface area contributed by atoms with Gasteiger partial charge in [-0.25, -0.2) is 0 Å². The third-order valence-corrected chi connectivity index (χ3v) is 5.10. The Balaban J connectivity index is 1.64. The molecular weight excluding hydrogens is 282 g/mol. The summed E-state index contributed by atoms with van der Waals surface area (Å²) in [6.07, 6.45) is 5.99. The number of aromatic hydroxyl groups is 1. The van der Waals surface area contributed by atoms with Crippen LogP contribution in [-0.4, -0.2) is 11.0 Å². The van der Waals surface area contributed by atoms with E-state index in [0.29, 0.717) is 6.54 Å². The van der Waals surface area contributed by atoms with Crippen molar-refractivity contribution < 1.29 is 9.90 Å². The van der Waals surface area contributed by atoms with Gasteiger partial charge in [-0.15, -0.1) is 11.3 Å². The molecule has 1 aromatic carbocycles. The van der Waals surface area contributed by atoms with Crippen LogP contribution in [0.15, 0.2) is 30.3 Å². The van der Waals surface area contributed by atoms with Crippen molar-refractivity contribution in [3.8, 4) is 5.75 Å². The van der Waals surface area contributed by atoms with Crippen LogP contribution in [0, 0.1) is 0 Å². The van der Waals surface area contributed by atoms with Gasteiger partial charge in [0.25, 0.3) is 5.91 Å². The summed E-state index contributed by atoms with van der Waals surface area (Å²) in [5.41, 5.74) is 2.35. The van der Waals surface area contributed by atoms with Crippen LogP contribution in [0.4, 0.5) is 0 Å². The number of amides is 1. The molecule has 0 radical (unpaired) electrons. The number of thiophene rings is 1. The molecule has 0 fully saturated rings. The molecule has 1 heterocycles. The molecule has 0 bridgehead atoms. The number of fused-ring (bicyclic) bond motifs is 1. The third-order valence-electron chi connectivity index (χ3n) is 3.86. The van der Waals surface area contributed by atoms with Gasteiger partial charge in [0.2, 0.25) is 0 Å². The van der Waals surface area contributed by atoms with Crippen molar-refractivity contribution in [3.63, 3.8) is 0 Å². The Hall–Kier alpha value is -1.81. The molecule has 21 heavy (non-hydrogen) atoms. The second-order valence-corrected chi connectivity index (χ2v) is 6.61. The fourth-order valence-electron chi connectivity index (χ4n) is 2.66. The number of phenolic OH excluding ortho intramolecular Hbond substituents is 1. The Morgan fingerprint density at radius 2 is 1.90 bits per heavy atom. The number of benzene rings is 1. The van der Waals surface area contributed by atoms with Gasteiger partial charge in [0.05, 0.1) is 4.88 Å². The lowest BCUT2D eigenvalue weighted by atomic mass is 10.1. The number of phenols is 1. The Morgan fingerprint density at radius 3 is 2.71 bits per heavy atom. The zero-order valence-corrected chi connectivity index (χ0v) is 12.7. The van der Waals surface area contributed by atoms with E-state index in [1.54, 1.807) is 23.5 Å². The number of carbonyl (C=O) groups is 1. The number of hydrogen-bond donors (Lipinski definition) is 2. The first-order chi connectivity index (χ1) is 10.2. The molecule has 0 saturated heterocycles. The van der Waals surface area contributed by atoms with Gasteiger partial charge in [0, 0.05) is 11.4 Å². The van der Waals surface area contributed by atoms with Crippen molar-refractivity contribution in [1.29, 1.82) is 0 Å². The molecule has 2 aromatic rings.